The Kier molecular flexibility index (Phi) is 7.72. The number of sulfonamides is 1. The number of carbonyl (C=O) groups is 1. The van der Waals surface area contributed by atoms with Gasteiger partial charge in [0.05, 0.1) is 19.1 Å². The Labute approximate surface area is 188 Å². The SMILES string of the molecule is COc1ccc(NC(=O)NCCC(c2ccccc2)c2ccccc2)cc1NS(C)(=O)=O. The lowest BCUT2D eigenvalue weighted by Gasteiger charge is -2.19. The zero-order chi connectivity index (χ0) is 23.0. The lowest BCUT2D eigenvalue weighted by Crippen LogP contribution is -2.30. The van der Waals surface area contributed by atoms with Crippen molar-refractivity contribution in [3.05, 3.63) is 90.0 Å². The zero-order valence-corrected chi connectivity index (χ0v) is 18.9. The molecule has 8 heteroatoms. The van der Waals surface area contributed by atoms with E-state index < -0.39 is 10.0 Å². The van der Waals surface area contributed by atoms with Crippen LogP contribution in [-0.4, -0.2) is 34.4 Å². The van der Waals surface area contributed by atoms with E-state index in [1.807, 2.05) is 36.4 Å². The molecule has 3 aromatic carbocycles. The molecule has 168 valence electrons. The molecule has 3 N–H and O–H groups in total. The van der Waals surface area contributed by atoms with E-state index >= 15 is 0 Å². The number of nitrogens with one attached hydrogen (secondary N) is 3. The Morgan fingerprint density at radius 2 is 1.53 bits per heavy atom. The number of benzene rings is 3. The number of methoxy groups -OCH3 is 1. The van der Waals surface area contributed by atoms with Crippen LogP contribution in [0.4, 0.5) is 16.2 Å². The van der Waals surface area contributed by atoms with Gasteiger partial charge in [0, 0.05) is 18.2 Å². The van der Waals surface area contributed by atoms with Gasteiger partial charge in [0.15, 0.2) is 0 Å². The van der Waals surface area contributed by atoms with Gasteiger partial charge in [-0.2, -0.15) is 0 Å². The quantitative estimate of drug-likeness (QED) is 0.447. The van der Waals surface area contributed by atoms with E-state index in [-0.39, 0.29) is 17.6 Å². The summed E-state index contributed by atoms with van der Waals surface area (Å²) in [5, 5.41) is 5.61. The molecule has 0 spiro atoms. The molecule has 0 saturated carbocycles. The maximum absolute atomic E-state index is 12.4. The van der Waals surface area contributed by atoms with E-state index in [4.69, 9.17) is 4.74 Å². The Morgan fingerprint density at radius 3 is 2.06 bits per heavy atom. The molecule has 3 aromatic rings. The van der Waals surface area contributed by atoms with Crippen molar-refractivity contribution < 1.29 is 17.9 Å². The molecule has 0 bridgehead atoms. The molecule has 7 nitrogen and oxygen atoms in total. The van der Waals surface area contributed by atoms with Gasteiger partial charge >= 0.3 is 6.03 Å². The van der Waals surface area contributed by atoms with Gasteiger partial charge in [0.2, 0.25) is 10.0 Å². The fraction of sp³-hybridized carbons (Fsp3) is 0.208. The van der Waals surface area contributed by atoms with Crippen molar-refractivity contribution in [2.45, 2.75) is 12.3 Å². The molecule has 3 rings (SSSR count). The molecule has 0 radical (unpaired) electrons. The van der Waals surface area contributed by atoms with Crippen LogP contribution in [0, 0.1) is 0 Å². The second-order valence-corrected chi connectivity index (χ2v) is 9.08. The topological polar surface area (TPSA) is 96.5 Å². The fourth-order valence-corrected chi connectivity index (χ4v) is 4.03. The van der Waals surface area contributed by atoms with Crippen molar-refractivity contribution in [1.29, 1.82) is 0 Å². The van der Waals surface area contributed by atoms with E-state index in [0.29, 0.717) is 18.0 Å². The molecular weight excluding hydrogens is 426 g/mol. The summed E-state index contributed by atoms with van der Waals surface area (Å²) < 4.78 is 30.7. The van der Waals surface area contributed by atoms with Gasteiger partial charge in [-0.25, -0.2) is 13.2 Å². The summed E-state index contributed by atoms with van der Waals surface area (Å²) in [5.41, 5.74) is 3.07. The molecule has 0 atom stereocenters. The average molecular weight is 454 g/mol. The molecule has 0 aromatic heterocycles. The molecule has 0 saturated heterocycles. The molecule has 0 unspecified atom stereocenters. The first-order valence-electron chi connectivity index (χ1n) is 10.2. The maximum atomic E-state index is 12.4. The number of rotatable bonds is 9. The second kappa shape index (κ2) is 10.7. The number of amides is 2. The predicted octanol–water partition coefficient (Wildman–Crippen LogP) is 4.41. The summed E-state index contributed by atoms with van der Waals surface area (Å²) in [6.07, 6.45) is 1.78. The van der Waals surface area contributed by atoms with Gasteiger partial charge in [-0.15, -0.1) is 0 Å². The minimum absolute atomic E-state index is 0.157. The van der Waals surface area contributed by atoms with E-state index in [0.717, 1.165) is 12.7 Å². The minimum atomic E-state index is -3.49. The molecule has 0 fully saturated rings. The van der Waals surface area contributed by atoms with Crippen LogP contribution in [0.1, 0.15) is 23.5 Å². The smallest absolute Gasteiger partial charge is 0.319 e. The minimum Gasteiger partial charge on any atom is -0.495 e. The Balaban J connectivity index is 1.63. The molecule has 0 aliphatic carbocycles. The molecular formula is C24H27N3O4S. The van der Waals surface area contributed by atoms with Crippen LogP contribution in [0.5, 0.6) is 5.75 Å². The monoisotopic (exact) mass is 453 g/mol. The Bertz CT molecular complexity index is 1100. The van der Waals surface area contributed by atoms with Crippen molar-refractivity contribution in [2.24, 2.45) is 0 Å². The summed E-state index contributed by atoms with van der Waals surface area (Å²) in [7, 11) is -2.05. The highest BCUT2D eigenvalue weighted by Crippen LogP contribution is 2.29. The summed E-state index contributed by atoms with van der Waals surface area (Å²) in [6, 6.07) is 24.7. The standard InChI is InChI=1S/C24H27N3O4S/c1-31-23-14-13-20(17-22(23)27-32(2,29)30)26-24(28)25-16-15-21(18-9-5-3-6-10-18)19-11-7-4-8-12-19/h3-14,17,21,27H,15-16H2,1-2H3,(H2,25,26,28). The first-order chi connectivity index (χ1) is 15.4. The predicted molar refractivity (Wildman–Crippen MR) is 128 cm³/mol. The van der Waals surface area contributed by atoms with Gasteiger partial charge in [0.1, 0.15) is 5.75 Å². The van der Waals surface area contributed by atoms with Crippen LogP contribution in [0.3, 0.4) is 0 Å². The first kappa shape index (κ1) is 23.1. The fourth-order valence-electron chi connectivity index (χ4n) is 3.47. The highest BCUT2D eigenvalue weighted by molar-refractivity contribution is 7.92. The number of ether oxygens (including phenoxy) is 1. The summed E-state index contributed by atoms with van der Waals surface area (Å²) in [4.78, 5) is 12.4. The third-order valence-electron chi connectivity index (χ3n) is 4.88. The molecule has 2 amide bonds. The Morgan fingerprint density at radius 1 is 0.938 bits per heavy atom. The Hall–Kier alpha value is -3.52. The van der Waals surface area contributed by atoms with Crippen LogP contribution in [0.2, 0.25) is 0 Å². The van der Waals surface area contributed by atoms with E-state index in [9.17, 15) is 13.2 Å². The number of anilines is 2. The third kappa shape index (κ3) is 6.75. The van der Waals surface area contributed by atoms with Crippen LogP contribution < -0.4 is 20.1 Å². The van der Waals surface area contributed by atoms with Gasteiger partial charge < -0.3 is 15.4 Å². The first-order valence-corrected chi connectivity index (χ1v) is 12.1. The summed E-state index contributed by atoms with van der Waals surface area (Å²) in [5.74, 6) is 0.513. The summed E-state index contributed by atoms with van der Waals surface area (Å²) >= 11 is 0. The van der Waals surface area contributed by atoms with Gasteiger partial charge in [-0.1, -0.05) is 60.7 Å². The van der Waals surface area contributed by atoms with Crippen LogP contribution in [0.25, 0.3) is 0 Å². The number of carbonyl (C=O) groups excluding carboxylic acids is 1. The van der Waals surface area contributed by atoms with Crippen molar-refractivity contribution in [3.8, 4) is 5.75 Å². The number of hydrogen-bond donors (Lipinski definition) is 3. The van der Waals surface area contributed by atoms with Crippen LogP contribution in [-0.2, 0) is 10.0 Å². The van der Waals surface area contributed by atoms with Crippen molar-refractivity contribution >= 4 is 27.4 Å². The molecule has 0 heterocycles. The number of hydrogen-bond acceptors (Lipinski definition) is 4. The van der Waals surface area contributed by atoms with Gasteiger partial charge in [-0.05, 0) is 35.7 Å². The zero-order valence-electron chi connectivity index (χ0n) is 18.0. The molecule has 32 heavy (non-hydrogen) atoms. The lowest BCUT2D eigenvalue weighted by atomic mass is 9.88. The highest BCUT2D eigenvalue weighted by atomic mass is 32.2. The van der Waals surface area contributed by atoms with Crippen molar-refractivity contribution in [3.63, 3.8) is 0 Å². The van der Waals surface area contributed by atoms with Crippen molar-refractivity contribution in [2.75, 3.05) is 29.9 Å². The molecule has 0 aliphatic heterocycles. The van der Waals surface area contributed by atoms with Gasteiger partial charge in [0.25, 0.3) is 0 Å². The van der Waals surface area contributed by atoms with E-state index in [1.165, 1.54) is 24.3 Å². The van der Waals surface area contributed by atoms with E-state index in [1.54, 1.807) is 12.1 Å². The number of urea groups is 1. The highest BCUT2D eigenvalue weighted by Gasteiger charge is 2.15. The largest absolute Gasteiger partial charge is 0.495 e. The normalized spacial score (nSPS) is 11.1. The van der Waals surface area contributed by atoms with Crippen LogP contribution in [0.15, 0.2) is 78.9 Å². The third-order valence-corrected chi connectivity index (χ3v) is 5.47. The maximum Gasteiger partial charge on any atom is 0.319 e. The van der Waals surface area contributed by atoms with Crippen LogP contribution >= 0.6 is 0 Å². The lowest BCUT2D eigenvalue weighted by molar-refractivity contribution is 0.252. The van der Waals surface area contributed by atoms with E-state index in [2.05, 4.69) is 39.6 Å². The average Bonchev–Trinajstić information content (AvgIpc) is 2.77. The summed E-state index contributed by atoms with van der Waals surface area (Å²) in [6.45, 7) is 0.463. The van der Waals surface area contributed by atoms with Gasteiger partial charge in [-0.3, -0.25) is 4.72 Å². The molecule has 0 aliphatic rings. The second-order valence-electron chi connectivity index (χ2n) is 7.33. The van der Waals surface area contributed by atoms with Crippen molar-refractivity contribution in [1.82, 2.24) is 5.32 Å².